The second kappa shape index (κ2) is 17.2. The molecular weight excluding hydrogens is 567 g/mol. The average Bonchev–Trinajstić information content (AvgIpc) is 2.98. The van der Waals surface area contributed by atoms with Crippen molar-refractivity contribution in [3.05, 3.63) is 65.7 Å². The number of unbranched alkanes of at least 4 members (excludes halogenated alkanes) is 1. The van der Waals surface area contributed by atoms with Crippen LogP contribution in [0.25, 0.3) is 0 Å². The normalized spacial score (nSPS) is 15.3. The van der Waals surface area contributed by atoms with Crippen LogP contribution in [0.5, 0.6) is 5.75 Å². The maximum atomic E-state index is 14.1. The highest BCUT2D eigenvalue weighted by Crippen LogP contribution is 2.42. The van der Waals surface area contributed by atoms with Crippen molar-refractivity contribution >= 4 is 11.8 Å². The number of aliphatic hydroxyl groups is 1. The Kier molecular flexibility index (Phi) is 14.4. The Morgan fingerprint density at radius 2 is 1.56 bits per heavy atom. The van der Waals surface area contributed by atoms with Gasteiger partial charge in [0.15, 0.2) is 0 Å². The monoisotopic (exact) mass is 611 g/mol. The third-order valence-corrected chi connectivity index (χ3v) is 7.35. The van der Waals surface area contributed by atoms with Crippen LogP contribution in [0.3, 0.4) is 0 Å². The molecule has 0 fully saturated rings. The Morgan fingerprint density at radius 3 is 2.16 bits per heavy atom. The van der Waals surface area contributed by atoms with Crippen LogP contribution in [0, 0.1) is 11.8 Å². The molecule has 0 aliphatic heterocycles. The summed E-state index contributed by atoms with van der Waals surface area (Å²) >= 11 is 0. The first kappa shape index (κ1) is 36.0. The molecule has 0 saturated carbocycles. The minimum Gasteiger partial charge on any atom is -0.493 e. The van der Waals surface area contributed by atoms with E-state index in [2.05, 4.69) is 10.6 Å². The van der Waals surface area contributed by atoms with E-state index in [-0.39, 0.29) is 30.7 Å². The highest BCUT2D eigenvalue weighted by Gasteiger charge is 2.62. The zero-order valence-electron chi connectivity index (χ0n) is 25.2. The second-order valence-corrected chi connectivity index (χ2v) is 10.7. The molecule has 2 aromatic rings. The van der Waals surface area contributed by atoms with E-state index in [1.54, 1.807) is 31.4 Å². The van der Waals surface area contributed by atoms with Gasteiger partial charge in [-0.15, -0.1) is 0 Å². The molecule has 0 saturated heterocycles. The predicted molar refractivity (Wildman–Crippen MR) is 157 cm³/mol. The molecule has 0 bridgehead atoms. The number of hydrogen-bond donors (Lipinski definition) is 4. The Labute approximate surface area is 251 Å². The smallest absolute Gasteiger partial charge is 0.430 e. The molecule has 4 atom stereocenters. The number of alkyl halides is 3. The Balaban J connectivity index is 1.99. The van der Waals surface area contributed by atoms with Gasteiger partial charge in [0.1, 0.15) is 5.75 Å². The van der Waals surface area contributed by atoms with Crippen molar-refractivity contribution in [2.75, 3.05) is 40.5 Å². The number of hydrogen-bond acceptors (Lipinski definition) is 7. The lowest BCUT2D eigenvalue weighted by Gasteiger charge is -2.34. The summed E-state index contributed by atoms with van der Waals surface area (Å²) < 4.78 is 58.0. The van der Waals surface area contributed by atoms with Gasteiger partial charge in [-0.25, -0.2) is 0 Å². The van der Waals surface area contributed by atoms with Gasteiger partial charge >= 0.3 is 6.18 Å². The zero-order valence-corrected chi connectivity index (χ0v) is 25.2. The summed E-state index contributed by atoms with van der Waals surface area (Å²) in [5.74, 6) is -1.47. The van der Waals surface area contributed by atoms with Crippen molar-refractivity contribution in [1.82, 2.24) is 10.6 Å². The summed E-state index contributed by atoms with van der Waals surface area (Å²) in [7, 11) is 2.43. The molecule has 0 heterocycles. The van der Waals surface area contributed by atoms with Crippen LogP contribution in [0.4, 0.5) is 13.2 Å². The van der Waals surface area contributed by atoms with E-state index >= 15 is 0 Å². The fourth-order valence-electron chi connectivity index (χ4n) is 4.62. The highest BCUT2D eigenvalue weighted by atomic mass is 19.4. The van der Waals surface area contributed by atoms with Crippen LogP contribution in [0.1, 0.15) is 49.0 Å². The molecule has 0 aliphatic carbocycles. The van der Waals surface area contributed by atoms with Crippen molar-refractivity contribution in [2.45, 2.75) is 57.0 Å². The van der Waals surface area contributed by atoms with Gasteiger partial charge < -0.3 is 35.7 Å². The molecule has 9 nitrogen and oxygen atoms in total. The third kappa shape index (κ3) is 9.92. The maximum absolute atomic E-state index is 14.1. The minimum absolute atomic E-state index is 0.0462. The van der Waals surface area contributed by atoms with Crippen LogP contribution < -0.4 is 21.1 Å². The van der Waals surface area contributed by atoms with E-state index in [9.17, 15) is 27.9 Å². The van der Waals surface area contributed by atoms with Crippen LogP contribution >= 0.6 is 0 Å². The van der Waals surface area contributed by atoms with Crippen LogP contribution in [-0.4, -0.2) is 75.8 Å². The molecule has 43 heavy (non-hydrogen) atoms. The van der Waals surface area contributed by atoms with Gasteiger partial charge in [0.25, 0.3) is 17.4 Å². The molecule has 12 heteroatoms. The number of nitrogens with two attached hydrogens (primary N) is 1. The molecule has 240 valence electrons. The number of methoxy groups -OCH3 is 2. The summed E-state index contributed by atoms with van der Waals surface area (Å²) in [4.78, 5) is 25.9. The van der Waals surface area contributed by atoms with E-state index < -0.39 is 41.9 Å². The average molecular weight is 612 g/mol. The molecular formula is C31H44F3N3O6. The van der Waals surface area contributed by atoms with Gasteiger partial charge in [-0.2, -0.15) is 13.2 Å². The Bertz CT molecular complexity index is 1140. The number of carbonyl (C=O) groups excluding carboxylic acids is 2. The van der Waals surface area contributed by atoms with Gasteiger partial charge in [0.2, 0.25) is 0 Å². The zero-order chi connectivity index (χ0) is 32.0. The van der Waals surface area contributed by atoms with Crippen molar-refractivity contribution in [2.24, 2.45) is 17.6 Å². The number of benzene rings is 2. The van der Waals surface area contributed by atoms with Crippen molar-refractivity contribution < 1.29 is 42.1 Å². The molecule has 0 aromatic heterocycles. The molecule has 0 aliphatic rings. The van der Waals surface area contributed by atoms with Gasteiger partial charge in [-0.3, -0.25) is 9.59 Å². The van der Waals surface area contributed by atoms with E-state index in [0.717, 1.165) is 32.1 Å². The van der Waals surface area contributed by atoms with E-state index in [1.165, 1.54) is 18.2 Å². The van der Waals surface area contributed by atoms with Crippen molar-refractivity contribution in [3.63, 3.8) is 0 Å². The molecule has 2 rings (SSSR count). The van der Waals surface area contributed by atoms with E-state index in [0.29, 0.717) is 24.5 Å². The minimum atomic E-state index is -5.07. The third-order valence-electron chi connectivity index (χ3n) is 7.35. The van der Waals surface area contributed by atoms with Crippen LogP contribution in [0.15, 0.2) is 54.6 Å². The number of carbonyl (C=O) groups is 2. The van der Waals surface area contributed by atoms with Crippen molar-refractivity contribution in [1.29, 1.82) is 0 Å². The molecule has 2 amide bonds. The first-order valence-corrected chi connectivity index (χ1v) is 14.3. The quantitative estimate of drug-likeness (QED) is 0.189. The van der Waals surface area contributed by atoms with E-state index in [4.69, 9.17) is 19.9 Å². The van der Waals surface area contributed by atoms with Gasteiger partial charge in [-0.1, -0.05) is 56.3 Å². The lowest BCUT2D eigenvalue weighted by atomic mass is 9.87. The van der Waals surface area contributed by atoms with Gasteiger partial charge in [0, 0.05) is 45.5 Å². The summed E-state index contributed by atoms with van der Waals surface area (Å²) in [6.07, 6.45) is -4.59. The van der Waals surface area contributed by atoms with Crippen LogP contribution in [-0.2, 0) is 19.9 Å². The summed E-state index contributed by atoms with van der Waals surface area (Å²) in [5.41, 5.74) is 2.95. The first-order valence-electron chi connectivity index (χ1n) is 14.3. The SMILES string of the molecule is COCCCCOc1ccccc1C(=O)NCC(CC(N)C(O)CNC(=O)[C@](OC)(c1ccccc1)C(F)(F)F)C(C)C. The summed E-state index contributed by atoms with van der Waals surface area (Å²) in [6.45, 7) is 4.64. The molecule has 2 aromatic carbocycles. The summed E-state index contributed by atoms with van der Waals surface area (Å²) in [6, 6.07) is 12.6. The number of rotatable bonds is 18. The molecule has 5 N–H and O–H groups in total. The first-order chi connectivity index (χ1) is 20.4. The number of halogens is 3. The number of ether oxygens (including phenoxy) is 3. The molecule has 3 unspecified atom stereocenters. The Morgan fingerprint density at radius 1 is 0.930 bits per heavy atom. The number of aliphatic hydroxyl groups excluding tert-OH is 1. The van der Waals surface area contributed by atoms with Crippen molar-refractivity contribution in [3.8, 4) is 5.75 Å². The number of nitrogens with one attached hydrogen (secondary N) is 2. The highest BCUT2D eigenvalue weighted by molar-refractivity contribution is 5.96. The van der Waals surface area contributed by atoms with E-state index in [1.807, 2.05) is 13.8 Å². The largest absolute Gasteiger partial charge is 0.493 e. The number of para-hydroxylation sites is 1. The second-order valence-electron chi connectivity index (χ2n) is 10.7. The van der Waals surface area contributed by atoms with Crippen LogP contribution in [0.2, 0.25) is 0 Å². The van der Waals surface area contributed by atoms with Gasteiger partial charge in [-0.05, 0) is 43.2 Å². The topological polar surface area (TPSA) is 132 Å². The summed E-state index contributed by atoms with van der Waals surface area (Å²) in [5, 5.41) is 15.7. The molecule has 0 radical (unpaired) electrons. The lowest BCUT2D eigenvalue weighted by molar-refractivity contribution is -0.265. The van der Waals surface area contributed by atoms with Gasteiger partial charge in [0.05, 0.1) is 18.3 Å². The fourth-order valence-corrected chi connectivity index (χ4v) is 4.62. The maximum Gasteiger partial charge on any atom is 0.430 e. The molecule has 0 spiro atoms. The predicted octanol–water partition coefficient (Wildman–Crippen LogP) is 3.79. The fraction of sp³-hybridized carbons (Fsp3) is 0.548. The number of amides is 2. The Hall–Kier alpha value is -3.19. The lowest BCUT2D eigenvalue weighted by Crippen LogP contribution is -2.57. The standard InChI is InChI=1S/C31H44F3N3O6/c1-21(2)22(19-36-28(39)24-14-8-9-15-27(24)43-17-11-10-16-41-3)18-25(35)26(38)20-37-29(40)30(42-4,31(32,33)34)23-12-6-5-7-13-23/h5-9,12-15,21-22,25-26,38H,10-11,16-20,35H2,1-4H3,(H,36,39)(H,37,40)/t22?,25?,26?,30-/m1/s1.